The van der Waals surface area contributed by atoms with Gasteiger partial charge < -0.3 is 10.1 Å². The molecule has 180 valence electrons. The van der Waals surface area contributed by atoms with Gasteiger partial charge in [-0.25, -0.2) is 8.42 Å². The van der Waals surface area contributed by atoms with E-state index in [0.29, 0.717) is 13.1 Å². The first-order valence-corrected chi connectivity index (χ1v) is 13.2. The van der Waals surface area contributed by atoms with Gasteiger partial charge in [-0.15, -0.1) is 0 Å². The third-order valence-electron chi connectivity index (χ3n) is 6.18. The number of carbonyl (C=O) groups is 1. The molecule has 1 aliphatic rings. The molecular formula is C25H33ClN2O4S. The standard InChI is InChI=1S/C25H33ClN2O4S/c1-16(2)20-15-21(17(3)13-23(20)32-5)18(4)27-25(29)19-9-10-22(26)24(14-19)33(30,31)28-11-7-6-8-12-28/h9-10,13-16,18H,6-8,11-12H2,1-5H3,(H,27,29)/t18-/m1/s1. The van der Waals surface area contributed by atoms with Gasteiger partial charge in [0.2, 0.25) is 10.0 Å². The third kappa shape index (κ3) is 5.53. The Labute approximate surface area is 202 Å². The van der Waals surface area contributed by atoms with Gasteiger partial charge in [-0.1, -0.05) is 31.9 Å². The Morgan fingerprint density at radius 3 is 2.33 bits per heavy atom. The number of rotatable bonds is 7. The SMILES string of the molecule is COc1cc(C)c([C@@H](C)NC(=O)c2ccc(Cl)c(S(=O)(=O)N3CCCCC3)c2)cc1C(C)C. The monoisotopic (exact) mass is 492 g/mol. The zero-order valence-corrected chi connectivity index (χ0v) is 21.5. The molecular weight excluding hydrogens is 460 g/mol. The lowest BCUT2D eigenvalue weighted by molar-refractivity contribution is 0.0939. The zero-order valence-electron chi connectivity index (χ0n) is 19.9. The van der Waals surface area contributed by atoms with Gasteiger partial charge in [0.25, 0.3) is 5.91 Å². The Balaban J connectivity index is 1.87. The molecule has 1 atom stereocenters. The van der Waals surface area contributed by atoms with Crippen LogP contribution in [-0.4, -0.2) is 38.8 Å². The lowest BCUT2D eigenvalue weighted by atomic mass is 9.93. The van der Waals surface area contributed by atoms with E-state index in [1.807, 2.05) is 19.9 Å². The number of halogens is 1. The molecule has 0 saturated carbocycles. The molecule has 1 N–H and O–H groups in total. The predicted octanol–water partition coefficient (Wildman–Crippen LogP) is 5.45. The molecule has 6 nitrogen and oxygen atoms in total. The molecule has 2 aromatic carbocycles. The molecule has 0 aromatic heterocycles. The van der Waals surface area contributed by atoms with E-state index in [2.05, 4.69) is 25.2 Å². The average Bonchev–Trinajstić information content (AvgIpc) is 2.79. The van der Waals surface area contributed by atoms with Crippen molar-refractivity contribution in [3.8, 4) is 5.75 Å². The second kappa shape index (κ2) is 10.5. The van der Waals surface area contributed by atoms with Crippen LogP contribution in [0.3, 0.4) is 0 Å². The summed E-state index contributed by atoms with van der Waals surface area (Å²) in [7, 11) is -2.10. The normalized spacial score (nSPS) is 16.0. The average molecular weight is 493 g/mol. The van der Waals surface area contributed by atoms with E-state index < -0.39 is 10.0 Å². The summed E-state index contributed by atoms with van der Waals surface area (Å²) < 4.78 is 33.2. The first-order valence-electron chi connectivity index (χ1n) is 11.3. The molecule has 2 aromatic rings. The highest BCUT2D eigenvalue weighted by Crippen LogP contribution is 2.32. The minimum Gasteiger partial charge on any atom is -0.496 e. The number of piperidine rings is 1. The van der Waals surface area contributed by atoms with E-state index >= 15 is 0 Å². The molecule has 33 heavy (non-hydrogen) atoms. The maximum absolute atomic E-state index is 13.1. The smallest absolute Gasteiger partial charge is 0.251 e. The minimum absolute atomic E-state index is 0.0194. The quantitative estimate of drug-likeness (QED) is 0.557. The number of aryl methyl sites for hydroxylation is 1. The molecule has 1 aliphatic heterocycles. The summed E-state index contributed by atoms with van der Waals surface area (Å²) >= 11 is 6.25. The van der Waals surface area contributed by atoms with E-state index in [-0.39, 0.29) is 33.3 Å². The van der Waals surface area contributed by atoms with Crippen LogP contribution in [0.15, 0.2) is 35.2 Å². The number of hydrogen-bond donors (Lipinski definition) is 1. The molecule has 1 saturated heterocycles. The molecule has 3 rings (SSSR count). The van der Waals surface area contributed by atoms with Crippen LogP contribution in [0.25, 0.3) is 0 Å². The van der Waals surface area contributed by atoms with E-state index in [9.17, 15) is 13.2 Å². The molecule has 1 amide bonds. The highest BCUT2D eigenvalue weighted by molar-refractivity contribution is 7.89. The number of sulfonamides is 1. The van der Waals surface area contributed by atoms with Crippen LogP contribution in [-0.2, 0) is 10.0 Å². The topological polar surface area (TPSA) is 75.7 Å². The van der Waals surface area contributed by atoms with Crippen molar-refractivity contribution < 1.29 is 17.9 Å². The first kappa shape index (κ1) is 25.5. The van der Waals surface area contributed by atoms with Crippen LogP contribution in [0.2, 0.25) is 5.02 Å². The van der Waals surface area contributed by atoms with Crippen molar-refractivity contribution in [3.63, 3.8) is 0 Å². The fraction of sp³-hybridized carbons (Fsp3) is 0.480. The summed E-state index contributed by atoms with van der Waals surface area (Å²) in [4.78, 5) is 13.0. The molecule has 1 heterocycles. The van der Waals surface area contributed by atoms with Crippen molar-refractivity contribution in [2.45, 2.75) is 63.8 Å². The number of benzene rings is 2. The van der Waals surface area contributed by atoms with Gasteiger partial charge in [0.1, 0.15) is 10.6 Å². The van der Waals surface area contributed by atoms with Crippen molar-refractivity contribution in [1.82, 2.24) is 9.62 Å². The number of nitrogens with one attached hydrogen (secondary N) is 1. The van der Waals surface area contributed by atoms with Crippen LogP contribution in [0.5, 0.6) is 5.75 Å². The highest BCUT2D eigenvalue weighted by Gasteiger charge is 2.29. The largest absolute Gasteiger partial charge is 0.496 e. The number of nitrogens with zero attached hydrogens (tertiary/aromatic N) is 1. The maximum Gasteiger partial charge on any atom is 0.251 e. The summed E-state index contributed by atoms with van der Waals surface area (Å²) in [6, 6.07) is 8.19. The Bertz CT molecular complexity index is 1130. The lowest BCUT2D eigenvalue weighted by Crippen LogP contribution is -2.36. The fourth-order valence-electron chi connectivity index (χ4n) is 4.25. The van der Waals surface area contributed by atoms with Gasteiger partial charge >= 0.3 is 0 Å². The van der Waals surface area contributed by atoms with Crippen LogP contribution < -0.4 is 10.1 Å². The van der Waals surface area contributed by atoms with Gasteiger partial charge in [-0.2, -0.15) is 4.31 Å². The molecule has 0 spiro atoms. The zero-order chi connectivity index (χ0) is 24.3. The molecule has 0 radical (unpaired) electrons. The van der Waals surface area contributed by atoms with Crippen molar-refractivity contribution >= 4 is 27.5 Å². The second-order valence-corrected chi connectivity index (χ2v) is 11.2. The number of methoxy groups -OCH3 is 1. The summed E-state index contributed by atoms with van der Waals surface area (Å²) in [5.41, 5.74) is 3.33. The van der Waals surface area contributed by atoms with Crippen molar-refractivity contribution in [2.24, 2.45) is 0 Å². The summed E-state index contributed by atoms with van der Waals surface area (Å²) in [6.45, 7) is 9.03. The van der Waals surface area contributed by atoms with Crippen LogP contribution in [0.4, 0.5) is 0 Å². The molecule has 8 heteroatoms. The molecule has 0 aliphatic carbocycles. The number of carbonyl (C=O) groups excluding carboxylic acids is 1. The van der Waals surface area contributed by atoms with Crippen molar-refractivity contribution in [3.05, 3.63) is 57.6 Å². The van der Waals surface area contributed by atoms with Crippen molar-refractivity contribution in [1.29, 1.82) is 0 Å². The highest BCUT2D eigenvalue weighted by atomic mass is 35.5. The predicted molar refractivity (Wildman–Crippen MR) is 132 cm³/mol. The van der Waals surface area contributed by atoms with Crippen LogP contribution >= 0.6 is 11.6 Å². The van der Waals surface area contributed by atoms with Gasteiger partial charge in [0.05, 0.1) is 18.2 Å². The number of ether oxygens (including phenoxy) is 1. The van der Waals surface area contributed by atoms with Crippen LogP contribution in [0.1, 0.15) is 79.0 Å². The van der Waals surface area contributed by atoms with E-state index in [1.54, 1.807) is 13.2 Å². The van der Waals surface area contributed by atoms with Gasteiger partial charge in [0.15, 0.2) is 0 Å². The Hall–Kier alpha value is -2.09. The summed E-state index contributed by atoms with van der Waals surface area (Å²) in [5, 5.41) is 3.13. The molecule has 0 unspecified atom stereocenters. The third-order valence-corrected chi connectivity index (χ3v) is 8.56. The number of hydrogen-bond acceptors (Lipinski definition) is 4. The molecule has 0 bridgehead atoms. The van der Waals surface area contributed by atoms with E-state index in [0.717, 1.165) is 41.7 Å². The van der Waals surface area contributed by atoms with Crippen molar-refractivity contribution in [2.75, 3.05) is 20.2 Å². The van der Waals surface area contributed by atoms with Gasteiger partial charge in [-0.05, 0) is 79.6 Å². The second-order valence-electron chi connectivity index (χ2n) is 8.91. The van der Waals surface area contributed by atoms with Crippen LogP contribution in [0, 0.1) is 6.92 Å². The number of amides is 1. The lowest BCUT2D eigenvalue weighted by Gasteiger charge is -2.26. The minimum atomic E-state index is -3.75. The summed E-state index contributed by atoms with van der Waals surface area (Å²) in [6.07, 6.45) is 2.67. The summed E-state index contributed by atoms with van der Waals surface area (Å²) in [5.74, 6) is 0.742. The van der Waals surface area contributed by atoms with Gasteiger partial charge in [0, 0.05) is 18.7 Å². The Morgan fingerprint density at radius 2 is 1.73 bits per heavy atom. The van der Waals surface area contributed by atoms with E-state index in [1.165, 1.54) is 16.4 Å². The molecule has 1 fully saturated rings. The Kier molecular flexibility index (Phi) is 8.08. The first-order chi connectivity index (χ1) is 15.6. The van der Waals surface area contributed by atoms with E-state index in [4.69, 9.17) is 16.3 Å². The Morgan fingerprint density at radius 1 is 1.06 bits per heavy atom. The fourth-order valence-corrected chi connectivity index (χ4v) is 6.27. The maximum atomic E-state index is 13.1. The van der Waals surface area contributed by atoms with Gasteiger partial charge in [-0.3, -0.25) is 4.79 Å².